The summed E-state index contributed by atoms with van der Waals surface area (Å²) in [5.74, 6) is 1.62. The highest BCUT2D eigenvalue weighted by Crippen LogP contribution is 2.27. The summed E-state index contributed by atoms with van der Waals surface area (Å²) >= 11 is 5.06. The maximum Gasteiger partial charge on any atom is 0.278 e. The molecule has 0 atom stereocenters. The molecule has 0 aliphatic carbocycles. The molecule has 100 valence electrons. The highest BCUT2D eigenvalue weighted by atomic mass is 79.9. The smallest absolute Gasteiger partial charge is 0.278 e. The van der Waals surface area contributed by atoms with E-state index in [1.54, 1.807) is 32.2 Å². The Morgan fingerprint density at radius 3 is 2.68 bits per heavy atom. The molecule has 0 amide bonds. The number of nitrogens with zero attached hydrogens (tertiary/aromatic N) is 2. The summed E-state index contributed by atoms with van der Waals surface area (Å²) in [6.07, 6.45) is 1.68. The van der Waals surface area contributed by atoms with Crippen molar-refractivity contribution in [1.82, 2.24) is 9.97 Å². The molecular formula is C13H13BrN2O2S. The Balaban J connectivity index is 2.07. The lowest BCUT2D eigenvalue weighted by molar-refractivity contribution is 0.328. The van der Waals surface area contributed by atoms with Crippen molar-refractivity contribution in [3.63, 3.8) is 0 Å². The average molecular weight is 341 g/mol. The summed E-state index contributed by atoms with van der Waals surface area (Å²) in [4.78, 5) is 8.50. The van der Waals surface area contributed by atoms with E-state index in [0.717, 1.165) is 15.3 Å². The molecule has 19 heavy (non-hydrogen) atoms. The minimum absolute atomic E-state index is 0.398. The molecule has 0 radical (unpaired) electrons. The van der Waals surface area contributed by atoms with Gasteiger partial charge in [0.25, 0.3) is 11.8 Å². The molecular weight excluding hydrogens is 328 g/mol. The lowest BCUT2D eigenvalue weighted by Gasteiger charge is -2.07. The van der Waals surface area contributed by atoms with Crippen LogP contribution in [0.2, 0.25) is 0 Å². The van der Waals surface area contributed by atoms with Gasteiger partial charge in [-0.05, 0) is 17.7 Å². The van der Waals surface area contributed by atoms with Crippen LogP contribution in [0, 0.1) is 0 Å². The molecule has 0 N–H and O–H groups in total. The highest BCUT2D eigenvalue weighted by molar-refractivity contribution is 9.10. The first kappa shape index (κ1) is 14.1. The minimum Gasteiger partial charge on any atom is -0.477 e. The van der Waals surface area contributed by atoms with E-state index < -0.39 is 0 Å². The fourth-order valence-corrected chi connectivity index (χ4v) is 2.69. The predicted octanol–water partition coefficient (Wildman–Crippen LogP) is 3.55. The number of aromatic nitrogens is 2. The van der Waals surface area contributed by atoms with Gasteiger partial charge in [0.1, 0.15) is 5.03 Å². The number of thioether (sulfide) groups is 1. The maximum absolute atomic E-state index is 5.13. The summed E-state index contributed by atoms with van der Waals surface area (Å²) in [6, 6.07) is 8.18. The zero-order chi connectivity index (χ0) is 13.7. The Labute approximate surface area is 124 Å². The second-order valence-electron chi connectivity index (χ2n) is 3.65. The van der Waals surface area contributed by atoms with Crippen LogP contribution < -0.4 is 9.47 Å². The lowest BCUT2D eigenvalue weighted by atomic mass is 10.2. The van der Waals surface area contributed by atoms with Crippen LogP contribution >= 0.6 is 27.7 Å². The van der Waals surface area contributed by atoms with Crippen LogP contribution in [0.15, 0.2) is 40.0 Å². The van der Waals surface area contributed by atoms with Crippen molar-refractivity contribution in [3.8, 4) is 11.8 Å². The van der Waals surface area contributed by atoms with Gasteiger partial charge in [-0.3, -0.25) is 0 Å². The first-order chi connectivity index (χ1) is 9.22. The van der Waals surface area contributed by atoms with Crippen molar-refractivity contribution in [1.29, 1.82) is 0 Å². The zero-order valence-corrected chi connectivity index (χ0v) is 13.0. The van der Waals surface area contributed by atoms with Crippen molar-refractivity contribution < 1.29 is 9.47 Å². The summed E-state index contributed by atoms with van der Waals surface area (Å²) in [6.45, 7) is 0. The van der Waals surface area contributed by atoms with E-state index in [9.17, 15) is 0 Å². The summed E-state index contributed by atoms with van der Waals surface area (Å²) < 4.78 is 11.3. The van der Waals surface area contributed by atoms with Gasteiger partial charge in [-0.1, -0.05) is 39.8 Å². The average Bonchev–Trinajstić information content (AvgIpc) is 2.45. The topological polar surface area (TPSA) is 44.2 Å². The first-order valence-electron chi connectivity index (χ1n) is 5.55. The van der Waals surface area contributed by atoms with Crippen molar-refractivity contribution in [2.45, 2.75) is 10.8 Å². The molecule has 0 aliphatic rings. The Kier molecular flexibility index (Phi) is 5.04. The number of hydrogen-bond donors (Lipinski definition) is 0. The number of halogens is 1. The van der Waals surface area contributed by atoms with Crippen LogP contribution in [-0.2, 0) is 5.75 Å². The van der Waals surface area contributed by atoms with Gasteiger partial charge in [0, 0.05) is 10.2 Å². The summed E-state index contributed by atoms with van der Waals surface area (Å²) in [7, 11) is 3.09. The van der Waals surface area contributed by atoms with Crippen molar-refractivity contribution in [2.75, 3.05) is 14.2 Å². The molecule has 4 nitrogen and oxygen atoms in total. The largest absolute Gasteiger partial charge is 0.477 e. The molecule has 1 aromatic carbocycles. The van der Waals surface area contributed by atoms with E-state index in [0.29, 0.717) is 11.8 Å². The number of methoxy groups -OCH3 is 2. The van der Waals surface area contributed by atoms with Gasteiger partial charge in [0.05, 0.1) is 20.4 Å². The normalized spacial score (nSPS) is 10.3. The molecule has 0 spiro atoms. The Hall–Kier alpha value is -1.27. The molecule has 6 heteroatoms. The van der Waals surface area contributed by atoms with E-state index in [1.807, 2.05) is 12.1 Å². The third-order valence-electron chi connectivity index (χ3n) is 2.35. The van der Waals surface area contributed by atoms with E-state index in [-0.39, 0.29) is 0 Å². The molecule has 0 saturated heterocycles. The molecule has 2 rings (SSSR count). The molecule has 0 unspecified atom stereocenters. The van der Waals surface area contributed by atoms with E-state index in [4.69, 9.17) is 9.47 Å². The fraction of sp³-hybridized carbons (Fsp3) is 0.231. The van der Waals surface area contributed by atoms with Gasteiger partial charge >= 0.3 is 0 Å². The van der Waals surface area contributed by atoms with Crippen molar-refractivity contribution in [3.05, 3.63) is 40.5 Å². The Bertz CT molecular complexity index is 566. The number of ether oxygens (including phenoxy) is 2. The van der Waals surface area contributed by atoms with Crippen LogP contribution in [-0.4, -0.2) is 24.2 Å². The van der Waals surface area contributed by atoms with Gasteiger partial charge in [-0.2, -0.15) is 0 Å². The zero-order valence-electron chi connectivity index (χ0n) is 10.6. The van der Waals surface area contributed by atoms with E-state index >= 15 is 0 Å². The Morgan fingerprint density at radius 2 is 2.00 bits per heavy atom. The third-order valence-corrected chi connectivity index (χ3v) is 3.81. The summed E-state index contributed by atoms with van der Waals surface area (Å²) in [5, 5.41) is 0.803. The second kappa shape index (κ2) is 6.77. The maximum atomic E-state index is 5.13. The van der Waals surface area contributed by atoms with Crippen LogP contribution in [0.3, 0.4) is 0 Å². The van der Waals surface area contributed by atoms with Crippen LogP contribution in [0.4, 0.5) is 0 Å². The molecule has 1 aromatic heterocycles. The highest BCUT2D eigenvalue weighted by Gasteiger charge is 2.08. The second-order valence-corrected chi connectivity index (χ2v) is 5.56. The molecule has 0 saturated carbocycles. The lowest BCUT2D eigenvalue weighted by Crippen LogP contribution is -1.97. The van der Waals surface area contributed by atoms with Crippen LogP contribution in [0.25, 0.3) is 0 Å². The third kappa shape index (κ3) is 3.84. The monoisotopic (exact) mass is 340 g/mol. The SMILES string of the molecule is COc1ncc(SCc2cccc(Br)c2)nc1OC. The molecule has 0 fully saturated rings. The number of benzene rings is 1. The van der Waals surface area contributed by atoms with Gasteiger partial charge in [0.15, 0.2) is 0 Å². The van der Waals surface area contributed by atoms with Crippen molar-refractivity contribution >= 4 is 27.7 Å². The molecule has 0 aliphatic heterocycles. The van der Waals surface area contributed by atoms with Gasteiger partial charge in [-0.15, -0.1) is 0 Å². The van der Waals surface area contributed by atoms with Gasteiger partial charge in [0.2, 0.25) is 0 Å². The molecule has 2 aromatic rings. The fourth-order valence-electron chi connectivity index (χ4n) is 1.47. The van der Waals surface area contributed by atoms with Crippen LogP contribution in [0.5, 0.6) is 11.8 Å². The van der Waals surface area contributed by atoms with Crippen LogP contribution in [0.1, 0.15) is 5.56 Å². The molecule has 0 bridgehead atoms. The number of rotatable bonds is 5. The van der Waals surface area contributed by atoms with Gasteiger partial charge in [-0.25, -0.2) is 9.97 Å². The quantitative estimate of drug-likeness (QED) is 0.778. The standard InChI is InChI=1S/C13H13BrN2O2S/c1-17-12-13(18-2)16-11(7-15-12)19-8-9-4-3-5-10(14)6-9/h3-7H,8H2,1-2H3. The van der Waals surface area contributed by atoms with E-state index in [1.165, 1.54) is 5.56 Å². The van der Waals surface area contributed by atoms with Gasteiger partial charge < -0.3 is 9.47 Å². The van der Waals surface area contributed by atoms with E-state index in [2.05, 4.69) is 38.0 Å². The minimum atomic E-state index is 0.398. The predicted molar refractivity (Wildman–Crippen MR) is 78.8 cm³/mol. The van der Waals surface area contributed by atoms with Crippen molar-refractivity contribution in [2.24, 2.45) is 0 Å². The Morgan fingerprint density at radius 1 is 1.21 bits per heavy atom. The first-order valence-corrected chi connectivity index (χ1v) is 7.33. The molecule has 1 heterocycles. The number of hydrogen-bond acceptors (Lipinski definition) is 5. The summed E-state index contributed by atoms with van der Waals surface area (Å²) in [5.41, 5.74) is 1.22.